The first kappa shape index (κ1) is 59.8. The van der Waals surface area contributed by atoms with Gasteiger partial charge in [0.05, 0.1) is 58.6 Å². The van der Waals surface area contributed by atoms with E-state index in [1.807, 2.05) is 0 Å². The largest absolute Gasteiger partial charge is 0.465 e. The van der Waals surface area contributed by atoms with Crippen LogP contribution in [0, 0.1) is 11.8 Å². The second kappa shape index (κ2) is 44.6. The molecule has 63 heavy (non-hydrogen) atoms. The molecule has 0 aliphatic heterocycles. The van der Waals surface area contributed by atoms with Gasteiger partial charge in [-0.25, -0.2) is 0 Å². The molecule has 0 aromatic heterocycles. The fourth-order valence-electron chi connectivity index (χ4n) is 9.39. The first-order chi connectivity index (χ1) is 30.9. The van der Waals surface area contributed by atoms with Crippen LogP contribution in [0.3, 0.4) is 0 Å². The Morgan fingerprint density at radius 1 is 0.524 bits per heavy atom. The molecule has 1 fully saturated rings. The second-order valence-corrected chi connectivity index (χ2v) is 19.3. The van der Waals surface area contributed by atoms with Crippen LogP contribution < -0.4 is 0 Å². The Kier molecular flexibility index (Phi) is 42.3. The van der Waals surface area contributed by atoms with E-state index in [4.69, 9.17) is 18.9 Å². The van der Waals surface area contributed by atoms with Crippen molar-refractivity contribution >= 4 is 11.9 Å². The minimum atomic E-state index is -0.245. The molecule has 0 amide bonds. The number of aliphatic hydroxyl groups excluding tert-OH is 1. The maximum atomic E-state index is 13.1. The summed E-state index contributed by atoms with van der Waals surface area (Å²) in [6.45, 7) is 17.5. The van der Waals surface area contributed by atoms with E-state index in [-0.39, 0.29) is 50.7 Å². The molecule has 1 saturated carbocycles. The van der Waals surface area contributed by atoms with Gasteiger partial charge in [-0.1, -0.05) is 182 Å². The van der Waals surface area contributed by atoms with Crippen molar-refractivity contribution < 1.29 is 33.6 Å². The summed E-state index contributed by atoms with van der Waals surface area (Å²) >= 11 is 0. The lowest BCUT2D eigenvalue weighted by Crippen LogP contribution is -2.45. The minimum Gasteiger partial charge on any atom is -0.465 e. The Bertz CT molecular complexity index is 995. The van der Waals surface area contributed by atoms with Gasteiger partial charge in [0.25, 0.3) is 0 Å². The number of rotatable bonds is 47. The van der Waals surface area contributed by atoms with Crippen LogP contribution in [0.25, 0.3) is 0 Å². The molecule has 3 atom stereocenters. The minimum absolute atomic E-state index is 0.180. The van der Waals surface area contributed by atoms with Gasteiger partial charge in [-0.15, -0.1) is 0 Å². The first-order valence-corrected chi connectivity index (χ1v) is 27.5. The van der Waals surface area contributed by atoms with Crippen LogP contribution in [0.2, 0.25) is 0 Å². The topological polar surface area (TPSA) is 97.8 Å². The van der Waals surface area contributed by atoms with E-state index < -0.39 is 0 Å². The molecule has 0 radical (unpaired) electrons. The van der Waals surface area contributed by atoms with Crippen LogP contribution in [-0.2, 0) is 28.5 Å². The zero-order chi connectivity index (χ0) is 45.9. The van der Waals surface area contributed by atoms with Gasteiger partial charge >= 0.3 is 11.9 Å². The highest BCUT2D eigenvalue weighted by atomic mass is 16.6. The van der Waals surface area contributed by atoms with E-state index in [1.165, 1.54) is 161 Å². The Morgan fingerprint density at radius 3 is 1.49 bits per heavy atom. The SMILES string of the molecule is CCCCCCCCCC(CCCCC)COC(=O)CCOCC(CN(CCC)CCN(CCO)C1CCCCC1)OCCC(=O)OCC(CCCCCC)CCCCCCCC. The lowest BCUT2D eigenvalue weighted by atomic mass is 9.94. The molecule has 374 valence electrons. The highest BCUT2D eigenvalue weighted by Crippen LogP contribution is 2.23. The van der Waals surface area contributed by atoms with E-state index in [9.17, 15) is 14.7 Å². The highest BCUT2D eigenvalue weighted by molar-refractivity contribution is 5.69. The van der Waals surface area contributed by atoms with E-state index >= 15 is 0 Å². The molecule has 1 N–H and O–H groups in total. The van der Waals surface area contributed by atoms with Crippen LogP contribution >= 0.6 is 0 Å². The second-order valence-electron chi connectivity index (χ2n) is 19.3. The molecule has 0 aromatic carbocycles. The van der Waals surface area contributed by atoms with Gasteiger partial charge < -0.3 is 24.1 Å². The maximum absolute atomic E-state index is 13.1. The fourth-order valence-corrected chi connectivity index (χ4v) is 9.39. The number of ether oxygens (including phenoxy) is 4. The molecular formula is C54H106N2O7. The smallest absolute Gasteiger partial charge is 0.308 e. The quantitative estimate of drug-likeness (QED) is 0.0473. The standard InChI is InChI=1S/C54H106N2O7/c1-6-11-15-18-20-22-27-32-49(30-24-14-9-4)46-62-53(58)36-43-60-48-52(45-55(38-10-5)39-40-56(41-42-57)51-34-28-23-29-35-51)61-44-37-54(59)63-47-50(31-25-17-13-8-3)33-26-21-19-16-12-7-2/h49-52,57H,6-48H2,1-5H3. The van der Waals surface area contributed by atoms with Gasteiger partial charge in [-0.05, 0) is 63.3 Å². The van der Waals surface area contributed by atoms with Crippen LogP contribution in [0.5, 0.6) is 0 Å². The molecule has 0 bridgehead atoms. The molecule has 1 aliphatic carbocycles. The molecule has 1 rings (SSSR count). The van der Waals surface area contributed by atoms with Crippen molar-refractivity contribution in [3.8, 4) is 0 Å². The van der Waals surface area contributed by atoms with Gasteiger partial charge in [-0.2, -0.15) is 0 Å². The molecule has 0 spiro atoms. The number of carbonyl (C=O) groups is 2. The van der Waals surface area contributed by atoms with Crippen molar-refractivity contribution in [2.75, 3.05) is 72.4 Å². The molecule has 9 nitrogen and oxygen atoms in total. The number of hydrogen-bond acceptors (Lipinski definition) is 9. The predicted molar refractivity (Wildman–Crippen MR) is 264 cm³/mol. The Balaban J connectivity index is 2.78. The lowest BCUT2D eigenvalue weighted by Gasteiger charge is -2.36. The van der Waals surface area contributed by atoms with Crippen LogP contribution in [0.15, 0.2) is 0 Å². The van der Waals surface area contributed by atoms with Crippen molar-refractivity contribution in [3.63, 3.8) is 0 Å². The summed E-state index contributed by atoms with van der Waals surface area (Å²) < 4.78 is 24.3. The van der Waals surface area contributed by atoms with Crippen LogP contribution in [0.1, 0.15) is 240 Å². The summed E-state index contributed by atoms with van der Waals surface area (Å²) in [6, 6.07) is 0.546. The van der Waals surface area contributed by atoms with E-state index in [0.29, 0.717) is 50.8 Å². The number of hydrogen-bond donors (Lipinski definition) is 1. The average molecular weight is 895 g/mol. The summed E-state index contributed by atoms with van der Waals surface area (Å²) in [5.74, 6) is 0.505. The molecular weight excluding hydrogens is 789 g/mol. The van der Waals surface area contributed by atoms with E-state index in [1.54, 1.807) is 0 Å². The van der Waals surface area contributed by atoms with Crippen LogP contribution in [0.4, 0.5) is 0 Å². The summed E-state index contributed by atoms with van der Waals surface area (Å²) in [4.78, 5) is 31.0. The number of unbranched alkanes of at least 4 members (excludes halogenated alkanes) is 16. The van der Waals surface area contributed by atoms with Gasteiger partial charge in [0, 0.05) is 32.2 Å². The summed E-state index contributed by atoms with van der Waals surface area (Å²) in [6.07, 6.45) is 37.4. The molecule has 0 aromatic rings. The van der Waals surface area contributed by atoms with E-state index in [0.717, 1.165) is 51.7 Å². The van der Waals surface area contributed by atoms with Crippen molar-refractivity contribution in [1.82, 2.24) is 9.80 Å². The summed E-state index contributed by atoms with van der Waals surface area (Å²) in [5, 5.41) is 9.90. The Morgan fingerprint density at radius 2 is 0.984 bits per heavy atom. The van der Waals surface area contributed by atoms with E-state index in [2.05, 4.69) is 44.4 Å². The van der Waals surface area contributed by atoms with Crippen molar-refractivity contribution in [2.24, 2.45) is 11.8 Å². The third-order valence-corrected chi connectivity index (χ3v) is 13.4. The van der Waals surface area contributed by atoms with Gasteiger partial charge in [0.15, 0.2) is 0 Å². The summed E-state index contributed by atoms with van der Waals surface area (Å²) in [7, 11) is 0. The number of aliphatic hydroxyl groups is 1. The molecule has 3 unspecified atom stereocenters. The first-order valence-electron chi connectivity index (χ1n) is 27.5. The highest BCUT2D eigenvalue weighted by Gasteiger charge is 2.23. The van der Waals surface area contributed by atoms with Gasteiger partial charge in [-0.3, -0.25) is 19.4 Å². The van der Waals surface area contributed by atoms with Crippen molar-refractivity contribution in [1.29, 1.82) is 0 Å². The lowest BCUT2D eigenvalue weighted by molar-refractivity contribution is -0.149. The average Bonchev–Trinajstić information content (AvgIpc) is 3.29. The third kappa shape index (κ3) is 35.6. The zero-order valence-corrected chi connectivity index (χ0v) is 42.5. The van der Waals surface area contributed by atoms with Crippen molar-refractivity contribution in [3.05, 3.63) is 0 Å². The predicted octanol–water partition coefficient (Wildman–Crippen LogP) is 13.3. The fraction of sp³-hybridized carbons (Fsp3) is 0.963. The van der Waals surface area contributed by atoms with Gasteiger partial charge in [0.2, 0.25) is 0 Å². The van der Waals surface area contributed by atoms with Crippen LogP contribution in [-0.4, -0.2) is 111 Å². The number of carbonyl (C=O) groups excluding carboxylic acids is 2. The Labute approximate surface area is 390 Å². The normalized spacial score (nSPS) is 15.0. The number of esters is 2. The molecule has 0 saturated heterocycles. The maximum Gasteiger partial charge on any atom is 0.308 e. The monoisotopic (exact) mass is 895 g/mol. The number of nitrogens with zero attached hydrogens (tertiary/aromatic N) is 2. The molecule has 0 heterocycles. The molecule has 1 aliphatic rings. The van der Waals surface area contributed by atoms with Gasteiger partial charge in [0.1, 0.15) is 0 Å². The third-order valence-electron chi connectivity index (χ3n) is 13.4. The Hall–Kier alpha value is -1.26. The zero-order valence-electron chi connectivity index (χ0n) is 42.5. The molecule has 9 heteroatoms. The summed E-state index contributed by atoms with van der Waals surface area (Å²) in [5.41, 5.74) is 0. The van der Waals surface area contributed by atoms with Crippen molar-refractivity contribution in [2.45, 2.75) is 252 Å².